The Morgan fingerprint density at radius 1 is 0.967 bits per heavy atom. The molecule has 0 saturated carbocycles. The lowest BCUT2D eigenvalue weighted by atomic mass is 10.1. The molecule has 0 unspecified atom stereocenters. The maximum atomic E-state index is 12.9. The van der Waals surface area contributed by atoms with Crippen LogP contribution in [0.2, 0.25) is 0 Å². The number of nitrogens with zero attached hydrogens (tertiary/aromatic N) is 6. The fraction of sp³-hybridized carbons (Fsp3) is 0.273. The van der Waals surface area contributed by atoms with Crippen molar-refractivity contribution in [3.05, 3.63) is 59.9 Å². The molecule has 1 saturated heterocycles. The number of benzene rings is 2. The molecule has 8 nitrogen and oxygen atoms in total. The van der Waals surface area contributed by atoms with E-state index in [-0.39, 0.29) is 5.91 Å². The van der Waals surface area contributed by atoms with Crippen LogP contribution in [0.25, 0.3) is 16.6 Å². The monoisotopic (exact) mass is 402 g/mol. The van der Waals surface area contributed by atoms with E-state index in [2.05, 4.69) is 15.0 Å². The number of aryl methyl sites for hydroxylation is 1. The zero-order valence-electron chi connectivity index (χ0n) is 16.9. The Kier molecular flexibility index (Phi) is 4.46. The molecule has 0 radical (unpaired) electrons. The molecule has 3 heterocycles. The fourth-order valence-electron chi connectivity index (χ4n) is 3.87. The second-order valence-corrected chi connectivity index (χ2v) is 7.33. The number of carbonyl (C=O) groups is 1. The number of para-hydroxylation sites is 1. The first-order valence-corrected chi connectivity index (χ1v) is 9.94. The van der Waals surface area contributed by atoms with Crippen molar-refractivity contribution in [3.63, 3.8) is 0 Å². The highest BCUT2D eigenvalue weighted by Crippen LogP contribution is 2.24. The van der Waals surface area contributed by atoms with Crippen molar-refractivity contribution in [2.45, 2.75) is 6.92 Å². The number of piperazine rings is 1. The van der Waals surface area contributed by atoms with Gasteiger partial charge >= 0.3 is 0 Å². The first kappa shape index (κ1) is 18.4. The van der Waals surface area contributed by atoms with E-state index in [0.29, 0.717) is 37.6 Å². The molecule has 1 aliphatic rings. The van der Waals surface area contributed by atoms with Crippen LogP contribution in [0.15, 0.2) is 48.5 Å². The molecule has 2 aromatic heterocycles. The fourth-order valence-corrected chi connectivity index (χ4v) is 3.87. The predicted molar refractivity (Wildman–Crippen MR) is 114 cm³/mol. The van der Waals surface area contributed by atoms with E-state index in [9.17, 15) is 4.79 Å². The van der Waals surface area contributed by atoms with Gasteiger partial charge in [-0.1, -0.05) is 12.1 Å². The van der Waals surface area contributed by atoms with Crippen LogP contribution in [0.4, 0.5) is 5.95 Å². The van der Waals surface area contributed by atoms with E-state index in [4.69, 9.17) is 9.72 Å². The number of hydrogen-bond acceptors (Lipinski definition) is 6. The molecule has 0 N–H and O–H groups in total. The minimum atomic E-state index is 0.0329. The summed E-state index contributed by atoms with van der Waals surface area (Å²) in [4.78, 5) is 26.4. The van der Waals surface area contributed by atoms with Gasteiger partial charge in [-0.2, -0.15) is 4.52 Å². The maximum Gasteiger partial charge on any atom is 0.253 e. The number of hydrogen-bond donors (Lipinski definition) is 0. The molecular weight excluding hydrogens is 380 g/mol. The van der Waals surface area contributed by atoms with Crippen LogP contribution >= 0.6 is 0 Å². The lowest BCUT2D eigenvalue weighted by Crippen LogP contribution is -2.49. The Morgan fingerprint density at radius 3 is 2.43 bits per heavy atom. The molecule has 2 aromatic carbocycles. The van der Waals surface area contributed by atoms with Crippen molar-refractivity contribution in [1.82, 2.24) is 24.5 Å². The Hall–Kier alpha value is -3.68. The summed E-state index contributed by atoms with van der Waals surface area (Å²) in [5.41, 5.74) is 2.37. The number of methoxy groups -OCH3 is 1. The number of fused-ring (bicyclic) bond motifs is 3. The van der Waals surface area contributed by atoms with Crippen LogP contribution in [0, 0.1) is 6.92 Å². The molecule has 0 atom stereocenters. The van der Waals surface area contributed by atoms with Crippen LogP contribution in [0.5, 0.6) is 5.75 Å². The molecule has 1 aliphatic heterocycles. The molecule has 1 amide bonds. The topological polar surface area (TPSA) is 75.9 Å². The number of carbonyl (C=O) groups excluding carboxylic acids is 1. The summed E-state index contributed by atoms with van der Waals surface area (Å²) in [6.45, 7) is 4.49. The smallest absolute Gasteiger partial charge is 0.253 e. The average Bonchev–Trinajstić information content (AvgIpc) is 3.20. The largest absolute Gasteiger partial charge is 0.497 e. The van der Waals surface area contributed by atoms with Crippen molar-refractivity contribution in [2.24, 2.45) is 0 Å². The van der Waals surface area contributed by atoms with Crippen LogP contribution in [0.3, 0.4) is 0 Å². The van der Waals surface area contributed by atoms with Crippen molar-refractivity contribution in [1.29, 1.82) is 0 Å². The Balaban J connectivity index is 1.39. The normalized spacial score (nSPS) is 14.5. The molecule has 5 rings (SSSR count). The lowest BCUT2D eigenvalue weighted by Gasteiger charge is -2.35. The summed E-state index contributed by atoms with van der Waals surface area (Å²) in [5.74, 6) is 2.25. The van der Waals surface area contributed by atoms with Gasteiger partial charge < -0.3 is 14.5 Å². The van der Waals surface area contributed by atoms with Crippen molar-refractivity contribution in [3.8, 4) is 5.75 Å². The molecule has 0 bridgehead atoms. The Bertz CT molecular complexity index is 1230. The highest BCUT2D eigenvalue weighted by molar-refractivity contribution is 5.94. The van der Waals surface area contributed by atoms with Crippen LogP contribution in [-0.4, -0.2) is 63.7 Å². The maximum absolute atomic E-state index is 12.9. The third-order valence-electron chi connectivity index (χ3n) is 5.45. The molecule has 1 fully saturated rings. The standard InChI is InChI=1S/C22H22N6O2/c1-15-23-20-18-5-3-4-6-19(18)24-22(28(20)25-15)27-13-11-26(12-14-27)21(29)16-7-9-17(30-2)10-8-16/h3-10H,11-14H2,1-2H3. The summed E-state index contributed by atoms with van der Waals surface area (Å²) in [6, 6.07) is 15.2. The van der Waals surface area contributed by atoms with Gasteiger partial charge in [0.05, 0.1) is 12.6 Å². The van der Waals surface area contributed by atoms with E-state index in [1.54, 1.807) is 19.2 Å². The average molecular weight is 402 g/mol. The number of aromatic nitrogens is 4. The van der Waals surface area contributed by atoms with Gasteiger partial charge in [0.2, 0.25) is 5.95 Å². The molecule has 30 heavy (non-hydrogen) atoms. The minimum absolute atomic E-state index is 0.0329. The summed E-state index contributed by atoms with van der Waals surface area (Å²) < 4.78 is 6.99. The van der Waals surface area contributed by atoms with E-state index in [0.717, 1.165) is 28.2 Å². The van der Waals surface area contributed by atoms with E-state index >= 15 is 0 Å². The zero-order valence-corrected chi connectivity index (χ0v) is 16.9. The van der Waals surface area contributed by atoms with Gasteiger partial charge in [0.25, 0.3) is 5.91 Å². The van der Waals surface area contributed by atoms with Crippen molar-refractivity contribution in [2.75, 3.05) is 38.2 Å². The predicted octanol–water partition coefficient (Wildman–Crippen LogP) is 2.56. The van der Waals surface area contributed by atoms with Gasteiger partial charge in [-0.25, -0.2) is 9.97 Å². The van der Waals surface area contributed by atoms with E-state index in [1.807, 2.05) is 52.7 Å². The number of rotatable bonds is 3. The first-order valence-electron chi connectivity index (χ1n) is 9.94. The summed E-state index contributed by atoms with van der Waals surface area (Å²) in [7, 11) is 1.62. The second kappa shape index (κ2) is 7.29. The Labute approximate surface area is 173 Å². The molecule has 152 valence electrons. The quantitative estimate of drug-likeness (QED) is 0.524. The third kappa shape index (κ3) is 3.10. The van der Waals surface area contributed by atoms with Crippen LogP contribution < -0.4 is 9.64 Å². The second-order valence-electron chi connectivity index (χ2n) is 7.33. The number of ether oxygens (including phenoxy) is 1. The van der Waals surface area contributed by atoms with Gasteiger partial charge in [0.15, 0.2) is 5.65 Å². The van der Waals surface area contributed by atoms with Gasteiger partial charge in [0, 0.05) is 37.1 Å². The van der Waals surface area contributed by atoms with E-state index < -0.39 is 0 Å². The highest BCUT2D eigenvalue weighted by Gasteiger charge is 2.25. The van der Waals surface area contributed by atoms with Gasteiger partial charge in [-0.3, -0.25) is 4.79 Å². The van der Waals surface area contributed by atoms with Gasteiger partial charge in [0.1, 0.15) is 11.6 Å². The molecule has 4 aromatic rings. The zero-order chi connectivity index (χ0) is 20.7. The van der Waals surface area contributed by atoms with Crippen molar-refractivity contribution >= 4 is 28.4 Å². The summed E-state index contributed by atoms with van der Waals surface area (Å²) in [6.07, 6.45) is 0. The lowest BCUT2D eigenvalue weighted by molar-refractivity contribution is 0.0746. The van der Waals surface area contributed by atoms with Crippen molar-refractivity contribution < 1.29 is 9.53 Å². The van der Waals surface area contributed by atoms with Crippen LogP contribution in [0.1, 0.15) is 16.2 Å². The van der Waals surface area contributed by atoms with Gasteiger partial charge in [-0.15, -0.1) is 5.10 Å². The number of amides is 1. The minimum Gasteiger partial charge on any atom is -0.497 e. The van der Waals surface area contributed by atoms with Crippen LogP contribution in [-0.2, 0) is 0 Å². The third-order valence-corrected chi connectivity index (χ3v) is 5.45. The number of anilines is 1. The summed E-state index contributed by atoms with van der Waals surface area (Å²) in [5, 5.41) is 5.55. The molecule has 0 aliphatic carbocycles. The van der Waals surface area contributed by atoms with E-state index in [1.165, 1.54) is 0 Å². The Morgan fingerprint density at radius 2 is 1.70 bits per heavy atom. The molecule has 8 heteroatoms. The first-order chi connectivity index (χ1) is 14.6. The SMILES string of the molecule is COc1ccc(C(=O)N2CCN(c3nc4ccccc4c4nc(C)nn34)CC2)cc1. The molecular formula is C22H22N6O2. The summed E-state index contributed by atoms with van der Waals surface area (Å²) >= 11 is 0. The molecule has 0 spiro atoms. The van der Waals surface area contributed by atoms with Gasteiger partial charge in [-0.05, 0) is 43.3 Å². The highest BCUT2D eigenvalue weighted by atomic mass is 16.5.